The van der Waals surface area contributed by atoms with Crippen molar-refractivity contribution in [1.82, 2.24) is 10.2 Å². The van der Waals surface area contributed by atoms with E-state index in [1.807, 2.05) is 20.8 Å². The summed E-state index contributed by atoms with van der Waals surface area (Å²) in [6.45, 7) is 7.39. The van der Waals surface area contributed by atoms with E-state index in [9.17, 15) is 18.0 Å². The summed E-state index contributed by atoms with van der Waals surface area (Å²) in [5.74, 6) is -0.238. The molecule has 2 aromatic carbocycles. The number of anilines is 1. The average molecular weight is 524 g/mol. The van der Waals surface area contributed by atoms with E-state index in [1.54, 1.807) is 55.5 Å². The van der Waals surface area contributed by atoms with Crippen LogP contribution in [0, 0.1) is 0 Å². The predicted octanol–water partition coefficient (Wildman–Crippen LogP) is 3.84. The summed E-state index contributed by atoms with van der Waals surface area (Å²) in [5, 5.41) is 3.31. The van der Waals surface area contributed by atoms with Crippen molar-refractivity contribution in [3.8, 4) is 5.75 Å². The maximum absolute atomic E-state index is 13.6. The van der Waals surface area contributed by atoms with Gasteiger partial charge in [0.2, 0.25) is 21.8 Å². The summed E-state index contributed by atoms with van der Waals surface area (Å²) in [6.07, 6.45) is 1.38. The number of hydrogen-bond donors (Lipinski definition) is 1. The Balaban J connectivity index is 2.43. The Morgan fingerprint density at radius 3 is 2.20 bits per heavy atom. The molecule has 35 heavy (non-hydrogen) atoms. The number of halogens is 1. The average Bonchev–Trinajstić information content (AvgIpc) is 2.78. The Bertz CT molecular complexity index is 1110. The molecule has 0 aliphatic heterocycles. The minimum atomic E-state index is -3.81. The van der Waals surface area contributed by atoms with E-state index in [0.717, 1.165) is 10.6 Å². The molecule has 1 N–H and O–H groups in total. The van der Waals surface area contributed by atoms with Crippen LogP contribution in [-0.4, -0.2) is 56.6 Å². The molecule has 1 unspecified atom stereocenters. The lowest BCUT2D eigenvalue weighted by atomic mass is 10.1. The SMILES string of the molecule is CCOc1ccc(N(CC(=O)N(Cc2ccccc2Cl)C(CC)C(=O)NC(C)C)S(C)(=O)=O)cc1. The molecular weight excluding hydrogens is 490 g/mol. The third-order valence-electron chi connectivity index (χ3n) is 5.23. The van der Waals surface area contributed by atoms with Crippen LogP contribution in [0.25, 0.3) is 0 Å². The molecule has 10 heteroatoms. The van der Waals surface area contributed by atoms with Crippen LogP contribution < -0.4 is 14.4 Å². The third-order valence-corrected chi connectivity index (χ3v) is 6.74. The second kappa shape index (κ2) is 12.8. The number of sulfonamides is 1. The molecule has 0 aliphatic carbocycles. The molecule has 0 fully saturated rings. The van der Waals surface area contributed by atoms with Crippen LogP contribution in [0.5, 0.6) is 5.75 Å². The van der Waals surface area contributed by atoms with Gasteiger partial charge in [-0.25, -0.2) is 8.42 Å². The summed E-state index contributed by atoms with van der Waals surface area (Å²) in [7, 11) is -3.81. The van der Waals surface area contributed by atoms with Crippen molar-refractivity contribution >= 4 is 39.1 Å². The lowest BCUT2D eigenvalue weighted by molar-refractivity contribution is -0.140. The van der Waals surface area contributed by atoms with Crippen molar-refractivity contribution < 1.29 is 22.7 Å². The van der Waals surface area contributed by atoms with Crippen molar-refractivity contribution in [3.05, 3.63) is 59.1 Å². The largest absolute Gasteiger partial charge is 0.494 e. The molecule has 0 aliphatic rings. The van der Waals surface area contributed by atoms with Gasteiger partial charge in [0.25, 0.3) is 0 Å². The minimum Gasteiger partial charge on any atom is -0.494 e. The Morgan fingerprint density at radius 2 is 1.69 bits per heavy atom. The molecule has 0 radical (unpaired) electrons. The fourth-order valence-corrected chi connectivity index (χ4v) is 4.64. The molecule has 0 aromatic heterocycles. The molecule has 1 atom stereocenters. The number of ether oxygens (including phenoxy) is 1. The Morgan fingerprint density at radius 1 is 1.06 bits per heavy atom. The second-order valence-corrected chi connectivity index (χ2v) is 10.7. The number of amides is 2. The zero-order valence-corrected chi connectivity index (χ0v) is 22.4. The number of carbonyl (C=O) groups is 2. The van der Waals surface area contributed by atoms with Crippen LogP contribution in [0.3, 0.4) is 0 Å². The van der Waals surface area contributed by atoms with Gasteiger partial charge in [0, 0.05) is 17.6 Å². The van der Waals surface area contributed by atoms with Gasteiger partial charge in [-0.05, 0) is 63.1 Å². The maximum Gasteiger partial charge on any atom is 0.244 e. The first kappa shape index (κ1) is 28.5. The van der Waals surface area contributed by atoms with Gasteiger partial charge in [-0.2, -0.15) is 0 Å². The van der Waals surface area contributed by atoms with Crippen LogP contribution in [0.4, 0.5) is 5.69 Å². The molecule has 0 spiro atoms. The highest BCUT2D eigenvalue weighted by molar-refractivity contribution is 7.92. The number of benzene rings is 2. The standard InChI is InChI=1S/C25H34ClN3O5S/c1-6-23(25(31)27-18(3)4)28(16-19-10-8-9-11-22(19)26)24(30)17-29(35(5,32)33)20-12-14-21(15-13-20)34-7-2/h8-15,18,23H,6-7,16-17H2,1-5H3,(H,27,31). The first-order valence-corrected chi connectivity index (χ1v) is 13.7. The van der Waals surface area contributed by atoms with E-state index in [0.29, 0.717) is 35.1 Å². The Labute approximate surface area is 213 Å². The second-order valence-electron chi connectivity index (χ2n) is 8.40. The number of nitrogens with one attached hydrogen (secondary N) is 1. The monoisotopic (exact) mass is 523 g/mol. The van der Waals surface area contributed by atoms with Crippen LogP contribution >= 0.6 is 11.6 Å². The van der Waals surface area contributed by atoms with Crippen LogP contribution in [0.2, 0.25) is 5.02 Å². The third kappa shape index (κ3) is 8.14. The molecular formula is C25H34ClN3O5S. The number of rotatable bonds is 12. The van der Waals surface area contributed by atoms with Crippen LogP contribution in [-0.2, 0) is 26.2 Å². The van der Waals surface area contributed by atoms with Gasteiger partial charge in [0.05, 0.1) is 18.6 Å². The number of nitrogens with zero attached hydrogens (tertiary/aromatic N) is 2. The Hall–Kier alpha value is -2.78. The highest BCUT2D eigenvalue weighted by atomic mass is 35.5. The molecule has 0 saturated heterocycles. The van der Waals surface area contributed by atoms with Gasteiger partial charge < -0.3 is 15.0 Å². The van der Waals surface area contributed by atoms with Gasteiger partial charge in [0.15, 0.2) is 0 Å². The smallest absolute Gasteiger partial charge is 0.244 e. The first-order valence-electron chi connectivity index (χ1n) is 11.5. The molecule has 2 amide bonds. The summed E-state index contributed by atoms with van der Waals surface area (Å²) < 4.78 is 31.8. The summed E-state index contributed by atoms with van der Waals surface area (Å²) in [6, 6.07) is 12.6. The fraction of sp³-hybridized carbons (Fsp3) is 0.440. The van der Waals surface area contributed by atoms with Crippen molar-refractivity contribution in [2.24, 2.45) is 0 Å². The van der Waals surface area contributed by atoms with Gasteiger partial charge in [-0.1, -0.05) is 36.7 Å². The van der Waals surface area contributed by atoms with E-state index >= 15 is 0 Å². The molecule has 0 saturated carbocycles. The minimum absolute atomic E-state index is 0.0589. The fourth-order valence-electron chi connectivity index (χ4n) is 3.60. The topological polar surface area (TPSA) is 96.0 Å². The van der Waals surface area contributed by atoms with Gasteiger partial charge in [-0.3, -0.25) is 13.9 Å². The lowest BCUT2D eigenvalue weighted by Gasteiger charge is -2.33. The Kier molecular flexibility index (Phi) is 10.4. The van der Waals surface area contributed by atoms with E-state index < -0.39 is 28.5 Å². The number of carbonyl (C=O) groups excluding carboxylic acids is 2. The van der Waals surface area contributed by atoms with Gasteiger partial charge in [0.1, 0.15) is 18.3 Å². The molecule has 0 bridgehead atoms. The van der Waals surface area contributed by atoms with Crippen molar-refractivity contribution in [2.45, 2.75) is 52.7 Å². The summed E-state index contributed by atoms with van der Waals surface area (Å²) in [5.41, 5.74) is 0.979. The van der Waals surface area contributed by atoms with E-state index in [4.69, 9.17) is 16.3 Å². The molecule has 2 aromatic rings. The van der Waals surface area contributed by atoms with E-state index in [2.05, 4.69) is 5.32 Å². The zero-order valence-electron chi connectivity index (χ0n) is 20.8. The van der Waals surface area contributed by atoms with Gasteiger partial charge in [-0.15, -0.1) is 0 Å². The van der Waals surface area contributed by atoms with Gasteiger partial charge >= 0.3 is 0 Å². The van der Waals surface area contributed by atoms with Crippen molar-refractivity contribution in [3.63, 3.8) is 0 Å². The predicted molar refractivity (Wildman–Crippen MR) is 139 cm³/mol. The summed E-state index contributed by atoms with van der Waals surface area (Å²) >= 11 is 6.34. The molecule has 8 nitrogen and oxygen atoms in total. The van der Waals surface area contributed by atoms with Crippen molar-refractivity contribution in [2.75, 3.05) is 23.7 Å². The normalized spacial score (nSPS) is 12.2. The van der Waals surface area contributed by atoms with Crippen LogP contribution in [0.15, 0.2) is 48.5 Å². The van der Waals surface area contributed by atoms with E-state index in [-0.39, 0.29) is 18.5 Å². The molecule has 0 heterocycles. The van der Waals surface area contributed by atoms with Crippen molar-refractivity contribution in [1.29, 1.82) is 0 Å². The highest BCUT2D eigenvalue weighted by Crippen LogP contribution is 2.24. The van der Waals surface area contributed by atoms with Crippen LogP contribution in [0.1, 0.15) is 39.7 Å². The number of hydrogen-bond acceptors (Lipinski definition) is 5. The maximum atomic E-state index is 13.6. The summed E-state index contributed by atoms with van der Waals surface area (Å²) in [4.78, 5) is 28.0. The quantitative estimate of drug-likeness (QED) is 0.456. The molecule has 2 rings (SSSR count). The lowest BCUT2D eigenvalue weighted by Crippen LogP contribution is -2.53. The molecule has 192 valence electrons. The zero-order chi connectivity index (χ0) is 26.2. The first-order chi connectivity index (χ1) is 16.5. The van der Waals surface area contributed by atoms with E-state index in [1.165, 1.54) is 4.90 Å². The highest BCUT2D eigenvalue weighted by Gasteiger charge is 2.32.